The van der Waals surface area contributed by atoms with Crippen molar-refractivity contribution < 1.29 is 19.3 Å². The lowest BCUT2D eigenvalue weighted by Crippen LogP contribution is -2.79. The van der Waals surface area contributed by atoms with Gasteiger partial charge >= 0.3 is 5.96 Å². The first-order chi connectivity index (χ1) is 9.51. The van der Waals surface area contributed by atoms with Crippen LogP contribution in [0.15, 0.2) is 25.3 Å². The van der Waals surface area contributed by atoms with Gasteiger partial charge in [-0.3, -0.25) is 30.9 Å². The molecule has 0 aromatic heterocycles. The van der Waals surface area contributed by atoms with E-state index < -0.39 is 24.0 Å². The van der Waals surface area contributed by atoms with E-state index in [1.54, 1.807) is 12.2 Å². The Labute approximate surface area is 124 Å². The Morgan fingerprint density at radius 2 is 1.67 bits per heavy atom. The molecule has 21 heavy (non-hydrogen) atoms. The van der Waals surface area contributed by atoms with Crippen molar-refractivity contribution in [2.45, 2.75) is 19.6 Å². The molecule has 0 aliphatic carbocycles. The number of carbonyl (C=O) groups excluding carboxylic acids is 2. The second kappa shape index (κ2) is 6.53. The van der Waals surface area contributed by atoms with Crippen molar-refractivity contribution in [1.29, 1.82) is 0 Å². The summed E-state index contributed by atoms with van der Waals surface area (Å²) in [5.74, 6) is -1.46. The first kappa shape index (κ1) is 16.9. The number of carbonyl (C=O) groups is 2. The summed E-state index contributed by atoms with van der Waals surface area (Å²) in [5.41, 5.74) is 10.5. The number of imide groups is 1. The lowest BCUT2D eigenvalue weighted by Gasteiger charge is -2.18. The van der Waals surface area contributed by atoms with Gasteiger partial charge in [0.15, 0.2) is 0 Å². The van der Waals surface area contributed by atoms with Gasteiger partial charge < -0.3 is 4.74 Å². The third-order valence-electron chi connectivity index (χ3n) is 3.64. The summed E-state index contributed by atoms with van der Waals surface area (Å²) in [4.78, 5) is 28.6. The van der Waals surface area contributed by atoms with Crippen LogP contribution in [0.5, 0.6) is 0 Å². The number of nitrogens with zero attached hydrogens (tertiary/aromatic N) is 1. The number of hydrogen-bond donors (Lipinski definition) is 3. The van der Waals surface area contributed by atoms with Gasteiger partial charge in [0.1, 0.15) is 0 Å². The third-order valence-corrected chi connectivity index (χ3v) is 3.64. The Morgan fingerprint density at radius 3 is 2.05 bits per heavy atom. The Balaban J connectivity index is 0.00000220. The van der Waals surface area contributed by atoms with E-state index in [1.165, 1.54) is 4.90 Å². The number of nitrogens with two attached hydrogens (primary N) is 2. The molecule has 0 bridgehead atoms. The summed E-state index contributed by atoms with van der Waals surface area (Å²) in [6.07, 6.45) is 2.20. The van der Waals surface area contributed by atoms with E-state index in [9.17, 15) is 9.59 Å². The maximum absolute atomic E-state index is 12.3. The normalized spacial score (nSPS) is 30.6. The molecule has 2 fully saturated rings. The SMILES string of the molecule is C.C=C[C@@H]1O[C@H](C=C)C2C(=O)N(CC[NH+]=C(N)N)C(=O)C21. The van der Waals surface area contributed by atoms with E-state index >= 15 is 0 Å². The quantitative estimate of drug-likeness (QED) is 0.229. The number of rotatable bonds is 5. The molecule has 5 N–H and O–H groups in total. The Kier molecular flexibility index (Phi) is 5.26. The minimum absolute atomic E-state index is 0. The van der Waals surface area contributed by atoms with Crippen LogP contribution in [0.3, 0.4) is 0 Å². The first-order valence-electron chi connectivity index (χ1n) is 6.38. The lowest BCUT2D eigenvalue weighted by molar-refractivity contribution is -0.458. The highest BCUT2D eigenvalue weighted by Gasteiger charge is 2.58. The summed E-state index contributed by atoms with van der Waals surface area (Å²) >= 11 is 0. The average Bonchev–Trinajstić information content (AvgIpc) is 2.90. The van der Waals surface area contributed by atoms with Gasteiger partial charge in [0, 0.05) is 0 Å². The van der Waals surface area contributed by atoms with E-state index in [0.717, 1.165) is 0 Å². The van der Waals surface area contributed by atoms with E-state index in [2.05, 4.69) is 18.2 Å². The molecule has 2 aliphatic rings. The highest BCUT2D eigenvalue weighted by atomic mass is 16.5. The largest absolute Gasteiger partial charge is 0.365 e. The Hall–Kier alpha value is -2.15. The molecule has 2 heterocycles. The lowest BCUT2D eigenvalue weighted by atomic mass is 9.89. The fourth-order valence-electron chi connectivity index (χ4n) is 2.75. The Morgan fingerprint density at radius 1 is 1.19 bits per heavy atom. The Bertz CT molecular complexity index is 453. The maximum Gasteiger partial charge on any atom is 0.338 e. The van der Waals surface area contributed by atoms with Crippen LogP contribution in [0.4, 0.5) is 0 Å². The van der Waals surface area contributed by atoms with E-state index in [-0.39, 0.29) is 31.7 Å². The molecule has 7 nitrogen and oxygen atoms in total. The predicted molar refractivity (Wildman–Crippen MR) is 78.7 cm³/mol. The van der Waals surface area contributed by atoms with Crippen molar-refractivity contribution in [1.82, 2.24) is 4.90 Å². The molecule has 0 aromatic carbocycles. The monoisotopic (exact) mass is 295 g/mol. The van der Waals surface area contributed by atoms with Gasteiger partial charge in [-0.15, -0.1) is 13.2 Å². The smallest absolute Gasteiger partial charge is 0.338 e. The van der Waals surface area contributed by atoms with Gasteiger partial charge in [-0.05, 0) is 0 Å². The molecule has 2 saturated heterocycles. The van der Waals surface area contributed by atoms with Gasteiger partial charge in [0.25, 0.3) is 0 Å². The molecule has 0 aromatic rings. The van der Waals surface area contributed by atoms with Crippen LogP contribution in [0.2, 0.25) is 0 Å². The number of nitrogens with one attached hydrogen (secondary N) is 1. The first-order valence-corrected chi connectivity index (χ1v) is 6.38. The van der Waals surface area contributed by atoms with Crippen LogP contribution in [0.25, 0.3) is 0 Å². The summed E-state index contributed by atoms with van der Waals surface area (Å²) in [6, 6.07) is 0. The summed E-state index contributed by atoms with van der Waals surface area (Å²) in [5, 5.41) is 0. The molecule has 2 amide bonds. The minimum Gasteiger partial charge on any atom is -0.365 e. The number of ether oxygens (including phenoxy) is 1. The molecule has 116 valence electrons. The molecule has 7 heteroatoms. The molecule has 2 rings (SSSR count). The van der Waals surface area contributed by atoms with Crippen molar-refractivity contribution in [3.63, 3.8) is 0 Å². The molecule has 0 spiro atoms. The van der Waals surface area contributed by atoms with Gasteiger partial charge in [-0.1, -0.05) is 19.6 Å². The molecule has 4 atom stereocenters. The fourth-order valence-corrected chi connectivity index (χ4v) is 2.75. The predicted octanol–water partition coefficient (Wildman–Crippen LogP) is -2.28. The maximum atomic E-state index is 12.3. The van der Waals surface area contributed by atoms with Gasteiger partial charge in [-0.2, -0.15) is 0 Å². The highest BCUT2D eigenvalue weighted by Crippen LogP contribution is 2.41. The van der Waals surface area contributed by atoms with Crippen LogP contribution in [-0.2, 0) is 14.3 Å². The third kappa shape index (κ3) is 2.82. The fraction of sp³-hybridized carbons (Fsp3) is 0.500. The highest BCUT2D eigenvalue weighted by molar-refractivity contribution is 6.06. The summed E-state index contributed by atoms with van der Waals surface area (Å²) in [6.45, 7) is 7.84. The average molecular weight is 295 g/mol. The number of hydrogen-bond acceptors (Lipinski definition) is 3. The molecular formula is C14H23N4O3+. The van der Waals surface area contributed by atoms with Crippen molar-refractivity contribution in [3.8, 4) is 0 Å². The second-order valence-electron chi connectivity index (χ2n) is 4.80. The van der Waals surface area contributed by atoms with Gasteiger partial charge in [0.2, 0.25) is 11.8 Å². The zero-order valence-electron chi connectivity index (χ0n) is 11.1. The van der Waals surface area contributed by atoms with E-state index in [0.29, 0.717) is 6.54 Å². The van der Waals surface area contributed by atoms with Crippen molar-refractivity contribution in [2.24, 2.45) is 23.3 Å². The topological polar surface area (TPSA) is 113 Å². The second-order valence-corrected chi connectivity index (χ2v) is 4.80. The number of guanidine groups is 1. The molecule has 0 radical (unpaired) electrons. The van der Waals surface area contributed by atoms with E-state index in [1.807, 2.05) is 0 Å². The molecule has 0 saturated carbocycles. The van der Waals surface area contributed by atoms with Crippen molar-refractivity contribution in [2.75, 3.05) is 13.1 Å². The van der Waals surface area contributed by atoms with Crippen LogP contribution in [0.1, 0.15) is 7.43 Å². The van der Waals surface area contributed by atoms with Crippen LogP contribution >= 0.6 is 0 Å². The summed E-state index contributed by atoms with van der Waals surface area (Å²) < 4.78 is 5.59. The molecule has 2 aliphatic heterocycles. The van der Waals surface area contributed by atoms with Crippen LogP contribution in [0, 0.1) is 11.8 Å². The summed E-state index contributed by atoms with van der Waals surface area (Å²) in [7, 11) is 0. The number of amides is 2. The van der Waals surface area contributed by atoms with Crippen molar-refractivity contribution in [3.05, 3.63) is 25.3 Å². The zero-order valence-corrected chi connectivity index (χ0v) is 11.1. The van der Waals surface area contributed by atoms with Gasteiger partial charge in [0.05, 0.1) is 37.1 Å². The van der Waals surface area contributed by atoms with Crippen LogP contribution in [-0.4, -0.2) is 48.0 Å². The van der Waals surface area contributed by atoms with E-state index in [4.69, 9.17) is 16.2 Å². The van der Waals surface area contributed by atoms with Crippen molar-refractivity contribution >= 4 is 17.8 Å². The number of fused-ring (bicyclic) bond motifs is 1. The van der Waals surface area contributed by atoms with Crippen LogP contribution < -0.4 is 16.5 Å². The number of likely N-dealkylation sites (tertiary alicyclic amines) is 1. The standard InChI is InChI=1S/C13H18N4O3.CH4/c1-3-7-9-10(8(4-2)20-7)12(19)17(11(9)18)6-5-16-13(14)15;/h3-4,7-10H,1-2,5-6H2,(H4,14,15,16);1H4/p+1/t7-,8+,9?,10?;. The molecular weight excluding hydrogens is 272 g/mol. The zero-order chi connectivity index (χ0) is 14.9. The minimum atomic E-state index is -0.512. The van der Waals surface area contributed by atoms with Gasteiger partial charge in [-0.25, -0.2) is 0 Å². The molecule has 2 unspecified atom stereocenters.